The molecule has 0 radical (unpaired) electrons. The van der Waals surface area contributed by atoms with Crippen LogP contribution >= 0.6 is 0 Å². The molecule has 0 atom stereocenters. The Labute approximate surface area is 100 Å². The van der Waals surface area contributed by atoms with Crippen molar-refractivity contribution in [2.75, 3.05) is 19.6 Å². The molecular formula is C12H17N3O2. The van der Waals surface area contributed by atoms with Crippen LogP contribution in [0.5, 0.6) is 5.75 Å². The van der Waals surface area contributed by atoms with Gasteiger partial charge in [-0.2, -0.15) is 0 Å². The van der Waals surface area contributed by atoms with Crippen LogP contribution in [0, 0.1) is 5.92 Å². The molecule has 2 rings (SSSR count). The zero-order chi connectivity index (χ0) is 12.1. The van der Waals surface area contributed by atoms with Crippen molar-refractivity contribution in [3.8, 4) is 5.75 Å². The predicted molar refractivity (Wildman–Crippen MR) is 63.8 cm³/mol. The average molecular weight is 235 g/mol. The van der Waals surface area contributed by atoms with Gasteiger partial charge in [-0.3, -0.25) is 9.78 Å². The highest BCUT2D eigenvalue weighted by molar-refractivity contribution is 5.96. The van der Waals surface area contributed by atoms with Gasteiger partial charge in [0, 0.05) is 12.7 Å². The number of aromatic nitrogens is 1. The number of aromatic hydroxyl groups is 1. The lowest BCUT2D eigenvalue weighted by molar-refractivity contribution is 0.0941. The molecule has 1 aliphatic heterocycles. The molecule has 0 aromatic carbocycles. The minimum absolute atomic E-state index is 0.0738. The average Bonchev–Trinajstić information content (AvgIpc) is 2.38. The van der Waals surface area contributed by atoms with Crippen molar-refractivity contribution in [3.63, 3.8) is 0 Å². The van der Waals surface area contributed by atoms with Gasteiger partial charge in [-0.1, -0.05) is 0 Å². The molecule has 1 amide bonds. The quantitative estimate of drug-likeness (QED) is 0.714. The monoisotopic (exact) mass is 235 g/mol. The summed E-state index contributed by atoms with van der Waals surface area (Å²) in [5, 5.41) is 15.6. The van der Waals surface area contributed by atoms with E-state index < -0.39 is 0 Å². The molecule has 0 aliphatic carbocycles. The van der Waals surface area contributed by atoms with E-state index in [2.05, 4.69) is 15.6 Å². The fraction of sp³-hybridized carbons (Fsp3) is 0.500. The Hall–Kier alpha value is -1.62. The Balaban J connectivity index is 1.87. The number of amides is 1. The molecule has 1 aliphatic rings. The van der Waals surface area contributed by atoms with E-state index in [0.29, 0.717) is 12.5 Å². The summed E-state index contributed by atoms with van der Waals surface area (Å²) in [5.41, 5.74) is 0.286. The first kappa shape index (κ1) is 11.9. The van der Waals surface area contributed by atoms with Crippen molar-refractivity contribution >= 4 is 5.91 Å². The van der Waals surface area contributed by atoms with E-state index in [-0.39, 0.29) is 17.2 Å². The highest BCUT2D eigenvalue weighted by atomic mass is 16.3. The van der Waals surface area contributed by atoms with E-state index in [9.17, 15) is 9.90 Å². The first-order chi connectivity index (χ1) is 8.27. The molecular weight excluding hydrogens is 218 g/mol. The van der Waals surface area contributed by atoms with Crippen LogP contribution in [-0.4, -0.2) is 35.6 Å². The van der Waals surface area contributed by atoms with Crippen LogP contribution in [0.3, 0.4) is 0 Å². The first-order valence-corrected chi connectivity index (χ1v) is 5.89. The molecule has 2 heterocycles. The highest BCUT2D eigenvalue weighted by Crippen LogP contribution is 2.14. The third kappa shape index (κ3) is 3.17. The molecule has 1 aromatic rings. The van der Waals surface area contributed by atoms with Gasteiger partial charge in [0.05, 0.1) is 11.8 Å². The topological polar surface area (TPSA) is 74.2 Å². The maximum atomic E-state index is 11.8. The Bertz CT molecular complexity index is 389. The lowest BCUT2D eigenvalue weighted by Gasteiger charge is -2.22. The van der Waals surface area contributed by atoms with Gasteiger partial charge < -0.3 is 15.7 Å². The number of nitrogens with one attached hydrogen (secondary N) is 2. The fourth-order valence-electron chi connectivity index (χ4n) is 2.00. The molecule has 5 nitrogen and oxygen atoms in total. The molecule has 5 heteroatoms. The summed E-state index contributed by atoms with van der Waals surface area (Å²) in [5.74, 6) is 0.225. The van der Waals surface area contributed by atoms with Crippen LogP contribution < -0.4 is 10.6 Å². The fourth-order valence-corrected chi connectivity index (χ4v) is 2.00. The van der Waals surface area contributed by atoms with Crippen molar-refractivity contribution in [2.45, 2.75) is 12.8 Å². The van der Waals surface area contributed by atoms with Crippen LogP contribution in [0.15, 0.2) is 18.5 Å². The molecule has 1 saturated heterocycles. The second-order valence-corrected chi connectivity index (χ2v) is 4.30. The van der Waals surface area contributed by atoms with Gasteiger partial charge in [0.15, 0.2) is 0 Å². The number of piperidine rings is 1. The van der Waals surface area contributed by atoms with Gasteiger partial charge >= 0.3 is 0 Å². The van der Waals surface area contributed by atoms with E-state index in [1.165, 1.54) is 18.5 Å². The summed E-state index contributed by atoms with van der Waals surface area (Å²) in [4.78, 5) is 15.5. The number of nitrogens with zero attached hydrogens (tertiary/aromatic N) is 1. The number of hydrogen-bond donors (Lipinski definition) is 3. The molecule has 3 N–H and O–H groups in total. The summed E-state index contributed by atoms with van der Waals surface area (Å²) < 4.78 is 0. The number of carbonyl (C=O) groups excluding carboxylic acids is 1. The van der Waals surface area contributed by atoms with E-state index >= 15 is 0 Å². The second-order valence-electron chi connectivity index (χ2n) is 4.30. The summed E-state index contributed by atoms with van der Waals surface area (Å²) in [7, 11) is 0. The van der Waals surface area contributed by atoms with E-state index in [0.717, 1.165) is 25.9 Å². The summed E-state index contributed by atoms with van der Waals surface area (Å²) in [6.07, 6.45) is 4.95. The number of pyridine rings is 1. The molecule has 0 unspecified atom stereocenters. The van der Waals surface area contributed by atoms with Gasteiger partial charge in [0.2, 0.25) is 0 Å². The molecule has 17 heavy (non-hydrogen) atoms. The highest BCUT2D eigenvalue weighted by Gasteiger charge is 2.15. The van der Waals surface area contributed by atoms with Crippen molar-refractivity contribution < 1.29 is 9.90 Å². The lowest BCUT2D eigenvalue weighted by atomic mass is 9.98. The standard InChI is InChI=1S/C12H17N3O2/c16-11-8-14-6-3-10(11)12(17)15-7-9-1-4-13-5-2-9/h3,6,8-9,13,16H,1-2,4-5,7H2,(H,15,17). The smallest absolute Gasteiger partial charge is 0.255 e. The van der Waals surface area contributed by atoms with E-state index in [1.54, 1.807) is 0 Å². The third-order valence-electron chi connectivity index (χ3n) is 3.05. The van der Waals surface area contributed by atoms with Crippen molar-refractivity contribution in [3.05, 3.63) is 24.0 Å². The van der Waals surface area contributed by atoms with Crippen LogP contribution in [0.4, 0.5) is 0 Å². The largest absolute Gasteiger partial charge is 0.505 e. The number of carbonyl (C=O) groups is 1. The van der Waals surface area contributed by atoms with Gasteiger partial charge in [-0.15, -0.1) is 0 Å². The molecule has 0 saturated carbocycles. The predicted octanol–water partition coefficient (Wildman–Crippen LogP) is 0.517. The van der Waals surface area contributed by atoms with Crippen LogP contribution in [0.1, 0.15) is 23.2 Å². The van der Waals surface area contributed by atoms with E-state index in [1.807, 2.05) is 0 Å². The van der Waals surface area contributed by atoms with E-state index in [4.69, 9.17) is 0 Å². The molecule has 1 aromatic heterocycles. The molecule has 0 bridgehead atoms. The molecule has 1 fully saturated rings. The molecule has 0 spiro atoms. The zero-order valence-electron chi connectivity index (χ0n) is 9.65. The summed E-state index contributed by atoms with van der Waals surface area (Å²) in [6, 6.07) is 1.52. The van der Waals surface area contributed by atoms with Crippen LogP contribution in [0.25, 0.3) is 0 Å². The lowest BCUT2D eigenvalue weighted by Crippen LogP contribution is -2.36. The van der Waals surface area contributed by atoms with Gasteiger partial charge in [0.1, 0.15) is 5.75 Å². The minimum Gasteiger partial charge on any atom is -0.505 e. The second kappa shape index (κ2) is 5.63. The maximum absolute atomic E-state index is 11.8. The number of rotatable bonds is 3. The SMILES string of the molecule is O=C(NCC1CCNCC1)c1ccncc1O. The van der Waals surface area contributed by atoms with Crippen molar-refractivity contribution in [1.82, 2.24) is 15.6 Å². The Morgan fingerprint density at radius 2 is 2.29 bits per heavy atom. The van der Waals surface area contributed by atoms with Gasteiger partial charge in [-0.05, 0) is 37.9 Å². The Kier molecular flexibility index (Phi) is 3.93. The van der Waals surface area contributed by atoms with Crippen molar-refractivity contribution in [1.29, 1.82) is 0 Å². The zero-order valence-corrected chi connectivity index (χ0v) is 9.65. The Morgan fingerprint density at radius 1 is 1.53 bits per heavy atom. The van der Waals surface area contributed by atoms with Crippen molar-refractivity contribution in [2.24, 2.45) is 5.92 Å². The summed E-state index contributed by atoms with van der Waals surface area (Å²) in [6.45, 7) is 2.70. The van der Waals surface area contributed by atoms with Crippen LogP contribution in [0.2, 0.25) is 0 Å². The number of hydrogen-bond acceptors (Lipinski definition) is 4. The third-order valence-corrected chi connectivity index (χ3v) is 3.05. The normalized spacial score (nSPS) is 16.7. The van der Waals surface area contributed by atoms with Gasteiger partial charge in [0.25, 0.3) is 5.91 Å². The minimum atomic E-state index is -0.233. The first-order valence-electron chi connectivity index (χ1n) is 5.89. The Morgan fingerprint density at radius 3 is 3.00 bits per heavy atom. The van der Waals surface area contributed by atoms with Gasteiger partial charge in [-0.25, -0.2) is 0 Å². The molecule has 92 valence electrons. The maximum Gasteiger partial charge on any atom is 0.255 e. The van der Waals surface area contributed by atoms with Crippen LogP contribution in [-0.2, 0) is 0 Å². The summed E-state index contributed by atoms with van der Waals surface area (Å²) >= 11 is 0.